The van der Waals surface area contributed by atoms with Gasteiger partial charge < -0.3 is 15.2 Å². The van der Waals surface area contributed by atoms with Crippen molar-refractivity contribution < 1.29 is 28.7 Å². The molecule has 32 heavy (non-hydrogen) atoms. The summed E-state index contributed by atoms with van der Waals surface area (Å²) in [4.78, 5) is 49.9. The minimum Gasteiger partial charge on any atom is -0.490 e. The maximum absolute atomic E-state index is 13.1. The molecule has 3 N–H and O–H groups in total. The average molecular weight is 437 g/mol. The van der Waals surface area contributed by atoms with Gasteiger partial charge in [0, 0.05) is 0 Å². The summed E-state index contributed by atoms with van der Waals surface area (Å²) >= 11 is 0. The van der Waals surface area contributed by atoms with Crippen LogP contribution in [0.25, 0.3) is 6.08 Å². The lowest BCUT2D eigenvalue weighted by Gasteiger charge is -2.27. The first-order valence-electron chi connectivity index (χ1n) is 9.87. The number of nitrogens with zero attached hydrogens (tertiary/aromatic N) is 1. The first kappa shape index (κ1) is 22.5. The molecular weight excluding hydrogens is 414 g/mol. The number of rotatable bonds is 7. The summed E-state index contributed by atoms with van der Waals surface area (Å²) in [5.74, 6) is -1.57. The number of hydrogen-bond acceptors (Lipinski definition) is 6. The Morgan fingerprint density at radius 3 is 2.34 bits per heavy atom. The normalized spacial score (nSPS) is 15.0. The van der Waals surface area contributed by atoms with Crippen molar-refractivity contribution >= 4 is 35.5 Å². The Balaban J connectivity index is 1.98. The van der Waals surface area contributed by atoms with Crippen LogP contribution in [0.3, 0.4) is 0 Å². The molecule has 0 aromatic heterocycles. The number of barbiturate groups is 1. The highest BCUT2D eigenvalue weighted by Gasteiger charge is 2.37. The summed E-state index contributed by atoms with van der Waals surface area (Å²) in [6.45, 7) is 5.47. The third-order valence-electron chi connectivity index (χ3n) is 4.51. The minimum atomic E-state index is -0.813. The molecule has 2 aromatic carbocycles. The number of benzene rings is 2. The number of amides is 5. The zero-order chi connectivity index (χ0) is 23.4. The van der Waals surface area contributed by atoms with E-state index in [2.05, 4.69) is 5.32 Å². The number of anilines is 1. The smallest absolute Gasteiger partial charge is 0.335 e. The second-order valence-corrected chi connectivity index (χ2v) is 7.20. The maximum Gasteiger partial charge on any atom is 0.335 e. The zero-order valence-electron chi connectivity index (χ0n) is 17.9. The van der Waals surface area contributed by atoms with Crippen LogP contribution in [0.15, 0.2) is 42.0 Å². The van der Waals surface area contributed by atoms with Gasteiger partial charge in [0.15, 0.2) is 18.1 Å². The van der Waals surface area contributed by atoms with Crippen molar-refractivity contribution in [3.05, 3.63) is 58.7 Å². The molecule has 3 rings (SSSR count). The van der Waals surface area contributed by atoms with Gasteiger partial charge in [0.2, 0.25) is 0 Å². The predicted octanol–water partition coefficient (Wildman–Crippen LogP) is 2.23. The summed E-state index contributed by atoms with van der Waals surface area (Å²) in [6, 6.07) is 9.17. The number of nitrogens with two attached hydrogens (primary N) is 1. The maximum atomic E-state index is 13.1. The molecule has 1 heterocycles. The van der Waals surface area contributed by atoms with E-state index in [9.17, 15) is 19.2 Å². The second kappa shape index (κ2) is 9.34. The molecule has 0 spiro atoms. The number of carbonyl (C=O) groups is 4. The van der Waals surface area contributed by atoms with E-state index in [1.807, 2.05) is 19.9 Å². The van der Waals surface area contributed by atoms with Gasteiger partial charge in [-0.25, -0.2) is 9.69 Å². The lowest BCUT2D eigenvalue weighted by molar-refractivity contribution is -0.123. The summed E-state index contributed by atoms with van der Waals surface area (Å²) in [6.07, 6.45) is 1.36. The van der Waals surface area contributed by atoms with Gasteiger partial charge in [0.1, 0.15) is 5.57 Å². The molecule has 5 amide bonds. The largest absolute Gasteiger partial charge is 0.490 e. The van der Waals surface area contributed by atoms with Crippen molar-refractivity contribution in [2.75, 3.05) is 18.1 Å². The van der Waals surface area contributed by atoms with Gasteiger partial charge in [-0.3, -0.25) is 19.7 Å². The van der Waals surface area contributed by atoms with Crippen LogP contribution >= 0.6 is 0 Å². The molecule has 0 bridgehead atoms. The molecule has 0 radical (unpaired) electrons. The van der Waals surface area contributed by atoms with Crippen LogP contribution in [0.1, 0.15) is 23.6 Å². The molecule has 9 heteroatoms. The van der Waals surface area contributed by atoms with Crippen molar-refractivity contribution in [2.45, 2.75) is 20.8 Å². The van der Waals surface area contributed by atoms with Crippen LogP contribution in [0.2, 0.25) is 0 Å². The van der Waals surface area contributed by atoms with Crippen LogP contribution in [0.4, 0.5) is 10.5 Å². The zero-order valence-corrected chi connectivity index (χ0v) is 17.9. The Bertz CT molecular complexity index is 1120. The van der Waals surface area contributed by atoms with Crippen molar-refractivity contribution in [3.63, 3.8) is 0 Å². The number of urea groups is 1. The van der Waals surface area contributed by atoms with Gasteiger partial charge in [-0.15, -0.1) is 0 Å². The fourth-order valence-corrected chi connectivity index (χ4v) is 3.29. The van der Waals surface area contributed by atoms with Gasteiger partial charge in [-0.2, -0.15) is 0 Å². The lowest BCUT2D eigenvalue weighted by atomic mass is 10.0. The molecule has 0 atom stereocenters. The first-order chi connectivity index (χ1) is 15.2. The quantitative estimate of drug-likeness (QED) is 0.505. The summed E-state index contributed by atoms with van der Waals surface area (Å²) < 4.78 is 10.9. The fraction of sp³-hybridized carbons (Fsp3) is 0.217. The fourth-order valence-electron chi connectivity index (χ4n) is 3.29. The Morgan fingerprint density at radius 2 is 1.72 bits per heavy atom. The van der Waals surface area contributed by atoms with Crippen LogP contribution in [0.5, 0.6) is 11.5 Å². The third kappa shape index (κ3) is 4.94. The van der Waals surface area contributed by atoms with E-state index < -0.39 is 23.8 Å². The highest BCUT2D eigenvalue weighted by molar-refractivity contribution is 6.39. The Morgan fingerprint density at radius 1 is 1.03 bits per heavy atom. The first-order valence-corrected chi connectivity index (χ1v) is 9.87. The molecule has 1 saturated heterocycles. The third-order valence-corrected chi connectivity index (χ3v) is 4.51. The number of hydrogen-bond donors (Lipinski definition) is 2. The Labute approximate surface area is 184 Å². The summed E-state index contributed by atoms with van der Waals surface area (Å²) in [5, 5.41) is 2.20. The van der Waals surface area contributed by atoms with E-state index >= 15 is 0 Å². The number of primary amides is 1. The van der Waals surface area contributed by atoms with Gasteiger partial charge >= 0.3 is 6.03 Å². The standard InChI is InChI=1S/C23H23N3O6/c1-4-31-19-11-15(5-6-18(19)32-12-20(24)27)10-17-21(28)25-23(30)26(22(17)29)16-8-13(2)7-14(3)9-16/h5-11H,4,12H2,1-3H3,(H2,24,27)(H,25,28,30)/b17-10+. The number of ether oxygens (including phenoxy) is 2. The lowest BCUT2D eigenvalue weighted by Crippen LogP contribution is -2.54. The predicted molar refractivity (Wildman–Crippen MR) is 117 cm³/mol. The van der Waals surface area contributed by atoms with E-state index in [1.165, 1.54) is 6.08 Å². The molecule has 0 unspecified atom stereocenters. The van der Waals surface area contributed by atoms with Crippen LogP contribution in [0, 0.1) is 13.8 Å². The SMILES string of the molecule is CCOc1cc(/C=C2\C(=O)NC(=O)N(c3cc(C)cc(C)c3)C2=O)ccc1OCC(N)=O. The molecule has 1 aliphatic heterocycles. The summed E-state index contributed by atoms with van der Waals surface area (Å²) in [7, 11) is 0. The van der Waals surface area contributed by atoms with E-state index in [4.69, 9.17) is 15.2 Å². The van der Waals surface area contributed by atoms with E-state index in [0.29, 0.717) is 29.4 Å². The number of carbonyl (C=O) groups excluding carboxylic acids is 4. The Kier molecular flexibility index (Phi) is 6.58. The monoisotopic (exact) mass is 437 g/mol. The number of nitrogens with one attached hydrogen (secondary N) is 1. The van der Waals surface area contributed by atoms with Gasteiger partial charge in [-0.05, 0) is 67.8 Å². The molecule has 166 valence electrons. The highest BCUT2D eigenvalue weighted by atomic mass is 16.5. The molecule has 0 saturated carbocycles. The van der Waals surface area contributed by atoms with Crippen LogP contribution < -0.4 is 25.4 Å². The number of imide groups is 2. The molecular formula is C23H23N3O6. The van der Waals surface area contributed by atoms with E-state index in [1.54, 1.807) is 37.3 Å². The van der Waals surface area contributed by atoms with Gasteiger partial charge in [0.05, 0.1) is 12.3 Å². The number of aryl methyl sites for hydroxylation is 2. The average Bonchev–Trinajstić information content (AvgIpc) is 2.69. The minimum absolute atomic E-state index is 0.211. The van der Waals surface area contributed by atoms with Crippen LogP contribution in [-0.2, 0) is 14.4 Å². The molecule has 2 aromatic rings. The summed E-state index contributed by atoms with van der Waals surface area (Å²) in [5.41, 5.74) is 7.48. The topological polar surface area (TPSA) is 128 Å². The van der Waals surface area contributed by atoms with E-state index in [-0.39, 0.29) is 12.2 Å². The van der Waals surface area contributed by atoms with Crippen molar-refractivity contribution in [1.82, 2.24) is 5.32 Å². The van der Waals surface area contributed by atoms with Crippen LogP contribution in [-0.4, -0.2) is 37.0 Å². The molecule has 1 fully saturated rings. The van der Waals surface area contributed by atoms with E-state index in [0.717, 1.165) is 16.0 Å². The molecule has 0 aliphatic carbocycles. The second-order valence-electron chi connectivity index (χ2n) is 7.20. The highest BCUT2D eigenvalue weighted by Crippen LogP contribution is 2.30. The molecule has 1 aliphatic rings. The van der Waals surface area contributed by atoms with Gasteiger partial charge in [0.25, 0.3) is 17.7 Å². The van der Waals surface area contributed by atoms with Gasteiger partial charge in [-0.1, -0.05) is 12.1 Å². The van der Waals surface area contributed by atoms with Crippen molar-refractivity contribution in [1.29, 1.82) is 0 Å². The van der Waals surface area contributed by atoms with Crippen molar-refractivity contribution in [3.8, 4) is 11.5 Å². The Hall–Kier alpha value is -4.14. The molecule has 9 nitrogen and oxygen atoms in total. The van der Waals surface area contributed by atoms with Crippen molar-refractivity contribution in [2.24, 2.45) is 5.73 Å².